The summed E-state index contributed by atoms with van der Waals surface area (Å²) in [7, 11) is -2.57. The second kappa shape index (κ2) is 4.54. The van der Waals surface area contributed by atoms with E-state index >= 15 is 0 Å². The van der Waals surface area contributed by atoms with Crippen molar-refractivity contribution in [3.63, 3.8) is 0 Å². The molecule has 0 rings (SSSR count). The molecule has 0 spiro atoms. The molecular weight excluding hydrogens is 198 g/mol. The van der Waals surface area contributed by atoms with Crippen molar-refractivity contribution in [1.82, 2.24) is 5.32 Å². The van der Waals surface area contributed by atoms with Crippen molar-refractivity contribution in [2.45, 2.75) is 12.5 Å². The fourth-order valence-electron chi connectivity index (χ4n) is 0.807. The van der Waals surface area contributed by atoms with Gasteiger partial charge < -0.3 is 10.1 Å². The molecule has 0 fully saturated rings. The highest BCUT2D eigenvalue weighted by molar-refractivity contribution is 7.85. The molecule has 78 valence electrons. The number of likely N-dealkylation sites (N-methyl/N-ethyl adjacent to an activating group) is 1. The number of hydrogen-bond donors (Lipinski definition) is 2. The number of rotatable bonds is 6. The lowest BCUT2D eigenvalue weighted by Gasteiger charge is -2.25. The maximum absolute atomic E-state index is 10.5. The molecule has 1 atom stereocenters. The van der Waals surface area contributed by atoms with Gasteiger partial charge in [-0.2, -0.15) is 8.42 Å². The molecule has 0 aliphatic rings. The van der Waals surface area contributed by atoms with Gasteiger partial charge in [0.1, 0.15) is 6.61 Å². The molecule has 0 saturated carbocycles. The summed E-state index contributed by atoms with van der Waals surface area (Å²) < 4.78 is 34.1. The van der Waals surface area contributed by atoms with Gasteiger partial charge in [-0.25, -0.2) is 0 Å². The maximum atomic E-state index is 10.5. The van der Waals surface area contributed by atoms with Gasteiger partial charge in [0, 0.05) is 0 Å². The second-order valence-corrected chi connectivity index (χ2v) is 4.40. The predicted molar refractivity (Wildman–Crippen MR) is 45.9 cm³/mol. The van der Waals surface area contributed by atoms with Crippen LogP contribution in [0.2, 0.25) is 0 Å². The number of carbonyl (C=O) groups excluding carboxylic acids is 1. The fraction of sp³-hybridized carbons (Fsp3) is 0.833. The van der Waals surface area contributed by atoms with Crippen LogP contribution in [0, 0.1) is 0 Å². The van der Waals surface area contributed by atoms with Crippen LogP contribution in [0.5, 0.6) is 0 Å². The summed E-state index contributed by atoms with van der Waals surface area (Å²) in [5.74, 6) is -0.510. The Balaban J connectivity index is 4.36. The van der Waals surface area contributed by atoms with E-state index in [1.807, 2.05) is 0 Å². The quantitative estimate of drug-likeness (QED) is 0.433. The molecule has 7 heteroatoms. The average molecular weight is 211 g/mol. The van der Waals surface area contributed by atoms with Crippen LogP contribution in [0.15, 0.2) is 0 Å². The zero-order valence-electron chi connectivity index (χ0n) is 7.48. The topological polar surface area (TPSA) is 92.7 Å². The summed E-state index contributed by atoms with van der Waals surface area (Å²) in [6.45, 7) is 1.62. The van der Waals surface area contributed by atoms with Crippen LogP contribution in [-0.4, -0.2) is 44.4 Å². The zero-order valence-corrected chi connectivity index (χ0v) is 8.30. The lowest BCUT2D eigenvalue weighted by molar-refractivity contribution is -0.130. The van der Waals surface area contributed by atoms with Crippen LogP contribution in [-0.2, 0) is 19.6 Å². The maximum Gasteiger partial charge on any atom is 0.293 e. The Morgan fingerprint density at radius 3 is 2.46 bits per heavy atom. The minimum Gasteiger partial charge on any atom is -0.466 e. The van der Waals surface area contributed by atoms with Crippen molar-refractivity contribution < 1.29 is 22.5 Å². The summed E-state index contributed by atoms with van der Waals surface area (Å²) in [5, 5.41) is 2.65. The van der Waals surface area contributed by atoms with Crippen molar-refractivity contribution in [3.05, 3.63) is 0 Å². The lowest BCUT2D eigenvalue weighted by atomic mass is 10.1. The summed E-state index contributed by atoms with van der Waals surface area (Å²) in [6, 6.07) is 0. The summed E-state index contributed by atoms with van der Waals surface area (Å²) >= 11 is 0. The molecule has 0 bridgehead atoms. The fourth-order valence-corrected chi connectivity index (χ4v) is 1.84. The summed E-state index contributed by atoms with van der Waals surface area (Å²) in [4.78, 5) is 9.87. The largest absolute Gasteiger partial charge is 0.466 e. The molecule has 0 heterocycles. The SMILES string of the molecule is CNC(C)(COC=O)CS(=O)(=O)O. The summed E-state index contributed by atoms with van der Waals surface area (Å²) in [5.41, 5.74) is -0.964. The van der Waals surface area contributed by atoms with Crippen molar-refractivity contribution in [1.29, 1.82) is 0 Å². The highest BCUT2D eigenvalue weighted by Gasteiger charge is 2.28. The third-order valence-corrected chi connectivity index (χ3v) is 2.58. The highest BCUT2D eigenvalue weighted by Crippen LogP contribution is 2.06. The first kappa shape index (κ1) is 12.3. The molecule has 0 aliphatic carbocycles. The van der Waals surface area contributed by atoms with Crippen LogP contribution < -0.4 is 5.32 Å². The third kappa shape index (κ3) is 5.56. The number of hydrogen-bond acceptors (Lipinski definition) is 5. The standard InChI is InChI=1S/C6H13NO5S/c1-6(7-2,3-12-5-8)4-13(9,10)11/h5,7H,3-4H2,1-2H3,(H,9,10,11). The first-order valence-corrected chi connectivity index (χ1v) is 5.13. The highest BCUT2D eigenvalue weighted by atomic mass is 32.2. The van der Waals surface area contributed by atoms with E-state index in [2.05, 4.69) is 10.1 Å². The second-order valence-electron chi connectivity index (χ2n) is 2.94. The Labute approximate surface area is 77.0 Å². The van der Waals surface area contributed by atoms with Gasteiger partial charge in [0.05, 0.1) is 11.3 Å². The number of carbonyl (C=O) groups is 1. The van der Waals surface area contributed by atoms with Gasteiger partial charge in [0.15, 0.2) is 0 Å². The third-order valence-electron chi connectivity index (χ3n) is 1.57. The molecule has 6 nitrogen and oxygen atoms in total. The van der Waals surface area contributed by atoms with Gasteiger partial charge in [-0.05, 0) is 14.0 Å². The molecule has 2 N–H and O–H groups in total. The Morgan fingerprint density at radius 1 is 1.62 bits per heavy atom. The van der Waals surface area contributed by atoms with Crippen LogP contribution in [0.25, 0.3) is 0 Å². The average Bonchev–Trinajstić information content (AvgIpc) is 1.98. The first-order valence-electron chi connectivity index (χ1n) is 3.52. The minimum atomic E-state index is -4.08. The Bertz CT molecular complexity index is 262. The van der Waals surface area contributed by atoms with E-state index in [9.17, 15) is 13.2 Å². The first-order chi connectivity index (χ1) is 5.83. The van der Waals surface area contributed by atoms with Crippen molar-refractivity contribution in [3.8, 4) is 0 Å². The molecule has 0 amide bonds. The predicted octanol–water partition coefficient (Wildman–Crippen LogP) is -0.975. The van der Waals surface area contributed by atoms with Gasteiger partial charge in [-0.15, -0.1) is 0 Å². The van der Waals surface area contributed by atoms with Gasteiger partial charge in [0.2, 0.25) is 0 Å². The lowest BCUT2D eigenvalue weighted by Crippen LogP contribution is -2.49. The zero-order chi connectivity index (χ0) is 10.5. The van der Waals surface area contributed by atoms with E-state index < -0.39 is 21.4 Å². The van der Waals surface area contributed by atoms with Crippen LogP contribution >= 0.6 is 0 Å². The molecule has 0 saturated heterocycles. The normalized spacial score (nSPS) is 16.2. The Hall–Kier alpha value is -0.660. The van der Waals surface area contributed by atoms with E-state index in [4.69, 9.17) is 4.55 Å². The monoisotopic (exact) mass is 211 g/mol. The van der Waals surface area contributed by atoms with E-state index in [1.165, 1.54) is 14.0 Å². The van der Waals surface area contributed by atoms with E-state index in [-0.39, 0.29) is 13.1 Å². The molecule has 0 aliphatic heterocycles. The van der Waals surface area contributed by atoms with Gasteiger partial charge in [-0.3, -0.25) is 9.35 Å². The molecular formula is C6H13NO5S. The van der Waals surface area contributed by atoms with Crippen LogP contribution in [0.4, 0.5) is 0 Å². The molecule has 1 unspecified atom stereocenters. The van der Waals surface area contributed by atoms with E-state index in [0.29, 0.717) is 0 Å². The Morgan fingerprint density at radius 2 is 2.15 bits per heavy atom. The molecule has 0 aromatic carbocycles. The smallest absolute Gasteiger partial charge is 0.293 e. The van der Waals surface area contributed by atoms with Crippen molar-refractivity contribution in [2.24, 2.45) is 0 Å². The number of nitrogens with one attached hydrogen (secondary N) is 1. The molecule has 13 heavy (non-hydrogen) atoms. The van der Waals surface area contributed by atoms with Crippen molar-refractivity contribution in [2.75, 3.05) is 19.4 Å². The number of ether oxygens (including phenoxy) is 1. The Kier molecular flexibility index (Phi) is 4.31. The van der Waals surface area contributed by atoms with Gasteiger partial charge >= 0.3 is 0 Å². The van der Waals surface area contributed by atoms with E-state index in [0.717, 1.165) is 0 Å². The van der Waals surface area contributed by atoms with Gasteiger partial charge in [-0.1, -0.05) is 0 Å². The van der Waals surface area contributed by atoms with Gasteiger partial charge in [0.25, 0.3) is 16.6 Å². The van der Waals surface area contributed by atoms with Crippen molar-refractivity contribution >= 4 is 16.6 Å². The van der Waals surface area contributed by atoms with Crippen LogP contribution in [0.3, 0.4) is 0 Å². The van der Waals surface area contributed by atoms with Crippen LogP contribution in [0.1, 0.15) is 6.92 Å². The van der Waals surface area contributed by atoms with E-state index in [1.54, 1.807) is 0 Å². The molecule has 0 radical (unpaired) electrons. The minimum absolute atomic E-state index is 0.118. The summed E-state index contributed by atoms with van der Waals surface area (Å²) in [6.07, 6.45) is 0. The molecule has 0 aromatic rings. The molecule has 0 aromatic heterocycles.